The number of nitrogens with one attached hydrogen (secondary N) is 2. The molecular weight excluding hydrogens is 156 g/mol. The normalized spacial score (nSPS) is 16.5. The fraction of sp³-hybridized carbons (Fsp3) is 0. The minimum atomic E-state index is -1.15. The predicted molar refractivity (Wildman–Crippen MR) is 29.9 cm³/mol. The lowest BCUT2D eigenvalue weighted by atomic mass is 10.9. The number of hydrogen-bond acceptors (Lipinski definition) is 5. The highest BCUT2D eigenvalue weighted by atomic mass is 16.9. The van der Waals surface area contributed by atoms with Gasteiger partial charge in [0.05, 0.1) is 0 Å². The first-order valence-corrected chi connectivity index (χ1v) is 2.44. The maximum absolute atomic E-state index is 10.6. The Bertz CT molecular complexity index is 225. The smallest absolute Gasteiger partial charge is 0.367 e. The number of hydroxylamine groups is 3. The summed E-state index contributed by atoms with van der Waals surface area (Å²) >= 11 is 0. The molecule has 0 aliphatic carbocycles. The van der Waals surface area contributed by atoms with Crippen LogP contribution in [0.4, 0.5) is 9.59 Å². The Balaban J connectivity index is 2.69. The van der Waals surface area contributed by atoms with Crippen LogP contribution in [0.1, 0.15) is 0 Å². The maximum atomic E-state index is 10.6. The number of guanidine groups is 1. The van der Waals surface area contributed by atoms with Gasteiger partial charge in [0, 0.05) is 0 Å². The second kappa shape index (κ2) is 2.33. The van der Waals surface area contributed by atoms with Gasteiger partial charge in [0.1, 0.15) is 0 Å². The molecule has 8 nitrogen and oxygen atoms in total. The lowest BCUT2D eigenvalue weighted by molar-refractivity contribution is -0.1000. The van der Waals surface area contributed by atoms with E-state index < -0.39 is 18.1 Å². The number of nitrogens with zero attached hydrogens (tertiary/aromatic N) is 1. The third-order valence-corrected chi connectivity index (χ3v) is 0.791. The van der Waals surface area contributed by atoms with Crippen LogP contribution >= 0.6 is 0 Å². The van der Waals surface area contributed by atoms with Crippen LogP contribution in [0.15, 0.2) is 0 Å². The zero-order chi connectivity index (χ0) is 8.43. The molecule has 0 radical (unpaired) electrons. The van der Waals surface area contributed by atoms with Crippen molar-refractivity contribution in [3.8, 4) is 0 Å². The van der Waals surface area contributed by atoms with Crippen molar-refractivity contribution in [1.82, 2.24) is 10.5 Å². The molecule has 0 aromatic rings. The molecule has 1 saturated heterocycles. The molecule has 2 amide bonds. The Morgan fingerprint density at radius 3 is 2.73 bits per heavy atom. The molecule has 1 rings (SSSR count). The monoisotopic (exact) mass is 160 g/mol. The molecule has 1 heterocycles. The summed E-state index contributed by atoms with van der Waals surface area (Å²) in [6.45, 7) is 0. The van der Waals surface area contributed by atoms with Gasteiger partial charge in [0.15, 0.2) is 0 Å². The van der Waals surface area contributed by atoms with E-state index in [0.717, 1.165) is 0 Å². The van der Waals surface area contributed by atoms with Gasteiger partial charge in [-0.2, -0.15) is 10.3 Å². The van der Waals surface area contributed by atoms with Crippen molar-refractivity contribution in [2.45, 2.75) is 0 Å². The molecule has 4 N–H and O–H groups in total. The van der Waals surface area contributed by atoms with Gasteiger partial charge in [-0.15, -0.1) is 0 Å². The zero-order valence-corrected chi connectivity index (χ0v) is 5.16. The van der Waals surface area contributed by atoms with E-state index in [0.29, 0.717) is 0 Å². The number of rotatable bonds is 0. The number of carbonyl (C=O) groups excluding carboxylic acids is 2. The summed E-state index contributed by atoms with van der Waals surface area (Å²) in [5, 5.41) is 6.98. The van der Waals surface area contributed by atoms with Crippen molar-refractivity contribution in [3.63, 3.8) is 0 Å². The van der Waals surface area contributed by atoms with Gasteiger partial charge in [-0.25, -0.2) is 4.79 Å². The fourth-order valence-corrected chi connectivity index (χ4v) is 0.420. The van der Waals surface area contributed by atoms with E-state index in [1.54, 1.807) is 5.48 Å². The molecule has 0 spiro atoms. The van der Waals surface area contributed by atoms with E-state index in [-0.39, 0.29) is 5.06 Å². The number of nitrogens with two attached hydrogens (primary N) is 1. The van der Waals surface area contributed by atoms with E-state index in [4.69, 9.17) is 11.1 Å². The summed E-state index contributed by atoms with van der Waals surface area (Å²) in [7, 11) is 0. The van der Waals surface area contributed by atoms with Crippen LogP contribution < -0.4 is 11.2 Å². The lowest BCUT2D eigenvalue weighted by Gasteiger charge is -2.21. The van der Waals surface area contributed by atoms with E-state index in [9.17, 15) is 9.59 Å². The second-order valence-electron chi connectivity index (χ2n) is 1.53. The summed E-state index contributed by atoms with van der Waals surface area (Å²) in [5.74, 6) is -0.709. The van der Waals surface area contributed by atoms with Crippen molar-refractivity contribution < 1.29 is 19.3 Å². The first-order chi connectivity index (χ1) is 5.11. The van der Waals surface area contributed by atoms with E-state index in [2.05, 4.69) is 9.68 Å². The first kappa shape index (κ1) is 7.12. The van der Waals surface area contributed by atoms with Gasteiger partial charge in [0.2, 0.25) is 5.96 Å². The SMILES string of the molecule is N=C(N)N1OC(=O)ONC1=O. The highest BCUT2D eigenvalue weighted by Crippen LogP contribution is 1.98. The van der Waals surface area contributed by atoms with Crippen LogP contribution in [0.2, 0.25) is 0 Å². The molecular formula is C3H4N4O4. The molecule has 0 unspecified atom stereocenters. The van der Waals surface area contributed by atoms with Crippen LogP contribution in [0.25, 0.3) is 0 Å². The Morgan fingerprint density at radius 1 is 1.64 bits per heavy atom. The van der Waals surface area contributed by atoms with Gasteiger partial charge >= 0.3 is 12.2 Å². The molecule has 1 aliphatic heterocycles. The summed E-state index contributed by atoms with van der Waals surface area (Å²) in [5.41, 5.74) is 6.49. The molecule has 1 aliphatic rings. The minimum Gasteiger partial charge on any atom is -0.367 e. The van der Waals surface area contributed by atoms with Crippen LogP contribution in [0.5, 0.6) is 0 Å². The summed E-state index contributed by atoms with van der Waals surface area (Å²) < 4.78 is 0. The third-order valence-electron chi connectivity index (χ3n) is 0.791. The first-order valence-electron chi connectivity index (χ1n) is 2.44. The maximum Gasteiger partial charge on any atom is 0.559 e. The molecule has 0 aromatic carbocycles. The molecule has 0 atom stereocenters. The highest BCUT2D eigenvalue weighted by Gasteiger charge is 2.29. The van der Waals surface area contributed by atoms with Crippen molar-refractivity contribution in [2.24, 2.45) is 5.73 Å². The van der Waals surface area contributed by atoms with Crippen LogP contribution in [0.3, 0.4) is 0 Å². The van der Waals surface area contributed by atoms with Gasteiger partial charge < -0.3 is 10.6 Å². The second-order valence-corrected chi connectivity index (χ2v) is 1.53. The number of carbonyl (C=O) groups is 2. The molecule has 8 heteroatoms. The van der Waals surface area contributed by atoms with Gasteiger partial charge in [-0.3, -0.25) is 10.2 Å². The van der Waals surface area contributed by atoms with Crippen LogP contribution in [-0.2, 0) is 9.68 Å². The van der Waals surface area contributed by atoms with Crippen molar-refractivity contribution in [1.29, 1.82) is 5.41 Å². The fourth-order valence-electron chi connectivity index (χ4n) is 0.420. The molecule has 11 heavy (non-hydrogen) atoms. The zero-order valence-electron chi connectivity index (χ0n) is 5.16. The summed E-state index contributed by atoms with van der Waals surface area (Å²) in [6, 6.07) is -0.933. The molecule has 0 aromatic heterocycles. The summed E-state index contributed by atoms with van der Waals surface area (Å²) in [6.07, 6.45) is -1.15. The third kappa shape index (κ3) is 1.28. The molecule has 60 valence electrons. The molecule has 0 saturated carbocycles. The van der Waals surface area contributed by atoms with E-state index >= 15 is 0 Å². The highest BCUT2D eigenvalue weighted by molar-refractivity contribution is 5.94. The average molecular weight is 160 g/mol. The van der Waals surface area contributed by atoms with Crippen molar-refractivity contribution >= 4 is 18.1 Å². The molecule has 1 fully saturated rings. The average Bonchev–Trinajstić information content (AvgIpc) is 1.94. The Kier molecular flexibility index (Phi) is 1.51. The Labute approximate surface area is 60.3 Å². The van der Waals surface area contributed by atoms with Gasteiger partial charge in [-0.05, 0) is 0 Å². The summed E-state index contributed by atoms with van der Waals surface area (Å²) in [4.78, 5) is 28.8. The minimum absolute atomic E-state index is 0.256. The lowest BCUT2D eigenvalue weighted by Crippen LogP contribution is -2.52. The van der Waals surface area contributed by atoms with E-state index in [1.807, 2.05) is 0 Å². The van der Waals surface area contributed by atoms with Crippen molar-refractivity contribution in [3.05, 3.63) is 0 Å². The topological polar surface area (TPSA) is 118 Å². The standard InChI is InChI=1S/C3H4N4O4/c4-1(5)7-2(8)6-10-3(9)11-7/h(H3,4,5)(H,6,8). The predicted octanol–water partition coefficient (Wildman–Crippen LogP) is -1.11. The van der Waals surface area contributed by atoms with Crippen LogP contribution in [0, 0.1) is 5.41 Å². The Hall–Kier alpha value is -1.99. The number of amides is 2. The van der Waals surface area contributed by atoms with Crippen molar-refractivity contribution in [2.75, 3.05) is 0 Å². The molecule has 0 bridgehead atoms. The van der Waals surface area contributed by atoms with Gasteiger partial charge in [-0.1, -0.05) is 5.06 Å². The quantitative estimate of drug-likeness (QED) is 0.306. The number of hydrogen-bond donors (Lipinski definition) is 3. The largest absolute Gasteiger partial charge is 0.559 e. The Morgan fingerprint density at radius 2 is 2.27 bits per heavy atom. The number of urea groups is 1. The van der Waals surface area contributed by atoms with Gasteiger partial charge in [0.25, 0.3) is 0 Å². The van der Waals surface area contributed by atoms with Crippen LogP contribution in [-0.4, -0.2) is 23.2 Å². The van der Waals surface area contributed by atoms with E-state index in [1.165, 1.54) is 0 Å².